The van der Waals surface area contributed by atoms with Gasteiger partial charge in [0, 0.05) is 11.3 Å². The third-order valence-electron chi connectivity index (χ3n) is 3.53. The number of aromatic nitrogens is 1. The zero-order valence-corrected chi connectivity index (χ0v) is 13.1. The average Bonchev–Trinajstić information content (AvgIpc) is 2.74. The molecule has 4 heteroatoms. The molecule has 0 aliphatic heterocycles. The molecule has 1 aliphatic rings. The second kappa shape index (κ2) is 5.25. The fourth-order valence-electron chi connectivity index (χ4n) is 2.54. The van der Waals surface area contributed by atoms with Crippen LogP contribution < -0.4 is 5.73 Å². The lowest BCUT2D eigenvalue weighted by Crippen LogP contribution is -2.19. The first kappa shape index (κ1) is 13.9. The zero-order valence-electron chi connectivity index (χ0n) is 11.5. The van der Waals surface area contributed by atoms with Crippen molar-refractivity contribution in [2.24, 2.45) is 5.73 Å². The van der Waals surface area contributed by atoms with E-state index in [2.05, 4.69) is 20.8 Å². The van der Waals surface area contributed by atoms with Crippen LogP contribution in [-0.4, -0.2) is 9.97 Å². The Morgan fingerprint density at radius 2 is 1.89 bits per heavy atom. The predicted molar refractivity (Wildman–Crippen MR) is 82.5 cm³/mol. The van der Waals surface area contributed by atoms with Gasteiger partial charge in [0.1, 0.15) is 4.99 Å². The summed E-state index contributed by atoms with van der Waals surface area (Å²) in [6.07, 6.45) is 6.58. The lowest BCUT2D eigenvalue weighted by molar-refractivity contribution is 0.440. The Bertz CT molecular complexity index is 437. The van der Waals surface area contributed by atoms with Gasteiger partial charge in [-0.1, -0.05) is 52.3 Å². The maximum absolute atomic E-state index is 5.86. The normalized spacial score (nSPS) is 17.9. The molecule has 0 spiro atoms. The molecule has 2 N–H and O–H groups in total. The number of thiazole rings is 1. The summed E-state index contributed by atoms with van der Waals surface area (Å²) in [6.45, 7) is 6.53. The van der Waals surface area contributed by atoms with Crippen molar-refractivity contribution in [3.05, 3.63) is 15.6 Å². The number of thiocarbonyl (C=S) groups is 1. The minimum Gasteiger partial charge on any atom is -0.389 e. The number of nitrogens with two attached hydrogens (primary N) is 1. The third-order valence-corrected chi connectivity index (χ3v) is 5.12. The van der Waals surface area contributed by atoms with Crippen molar-refractivity contribution >= 4 is 28.5 Å². The molecule has 0 amide bonds. The van der Waals surface area contributed by atoms with Gasteiger partial charge in [-0.15, -0.1) is 11.3 Å². The van der Waals surface area contributed by atoms with Crippen molar-refractivity contribution in [1.29, 1.82) is 0 Å². The molecular formula is C14H22N2S2. The third kappa shape index (κ3) is 2.91. The summed E-state index contributed by atoms with van der Waals surface area (Å²) in [5.74, 6) is 0.632. The molecule has 18 heavy (non-hydrogen) atoms. The van der Waals surface area contributed by atoms with Crippen LogP contribution in [0, 0.1) is 0 Å². The molecule has 1 fully saturated rings. The van der Waals surface area contributed by atoms with E-state index in [0.29, 0.717) is 10.9 Å². The summed E-state index contributed by atoms with van der Waals surface area (Å²) in [4.78, 5) is 6.40. The lowest BCUT2D eigenvalue weighted by Gasteiger charge is -2.20. The highest BCUT2D eigenvalue weighted by molar-refractivity contribution is 7.81. The maximum Gasteiger partial charge on any atom is 0.116 e. The number of rotatable bonds is 2. The molecule has 0 saturated heterocycles. The van der Waals surface area contributed by atoms with E-state index >= 15 is 0 Å². The van der Waals surface area contributed by atoms with Crippen LogP contribution in [0.4, 0.5) is 0 Å². The van der Waals surface area contributed by atoms with Crippen molar-refractivity contribution in [3.8, 4) is 0 Å². The Hall–Kier alpha value is -0.480. The van der Waals surface area contributed by atoms with E-state index < -0.39 is 0 Å². The minimum absolute atomic E-state index is 0.0161. The molecule has 2 rings (SSSR count). The van der Waals surface area contributed by atoms with E-state index in [1.165, 1.54) is 37.1 Å². The summed E-state index contributed by atoms with van der Waals surface area (Å²) in [5.41, 5.74) is 6.96. The van der Waals surface area contributed by atoms with Gasteiger partial charge in [-0.3, -0.25) is 0 Å². The van der Waals surface area contributed by atoms with Crippen LogP contribution >= 0.6 is 23.6 Å². The molecule has 1 aromatic rings. The monoisotopic (exact) mass is 282 g/mol. The highest BCUT2D eigenvalue weighted by atomic mass is 32.1. The summed E-state index contributed by atoms with van der Waals surface area (Å²) >= 11 is 6.91. The molecule has 0 radical (unpaired) electrons. The molecule has 0 unspecified atom stereocenters. The van der Waals surface area contributed by atoms with Crippen molar-refractivity contribution in [3.63, 3.8) is 0 Å². The van der Waals surface area contributed by atoms with Crippen LogP contribution in [0.3, 0.4) is 0 Å². The number of hydrogen-bond acceptors (Lipinski definition) is 3. The van der Waals surface area contributed by atoms with E-state index in [0.717, 1.165) is 10.6 Å². The van der Waals surface area contributed by atoms with Crippen molar-refractivity contribution in [1.82, 2.24) is 4.98 Å². The van der Waals surface area contributed by atoms with Crippen molar-refractivity contribution in [2.45, 2.75) is 64.2 Å². The van der Waals surface area contributed by atoms with Gasteiger partial charge >= 0.3 is 0 Å². The van der Waals surface area contributed by atoms with Gasteiger partial charge in [-0.05, 0) is 12.8 Å². The molecule has 0 bridgehead atoms. The van der Waals surface area contributed by atoms with E-state index in [1.807, 2.05) is 0 Å². The van der Waals surface area contributed by atoms with Gasteiger partial charge in [-0.2, -0.15) is 0 Å². The van der Waals surface area contributed by atoms with Crippen LogP contribution in [0.5, 0.6) is 0 Å². The predicted octanol–water partition coefficient (Wildman–Crippen LogP) is 4.12. The molecule has 0 aromatic carbocycles. The minimum atomic E-state index is 0.0161. The molecule has 1 saturated carbocycles. The highest BCUT2D eigenvalue weighted by Crippen LogP contribution is 2.38. The molecule has 1 aromatic heterocycles. The fraction of sp³-hybridized carbons (Fsp3) is 0.714. The van der Waals surface area contributed by atoms with Crippen LogP contribution in [0.1, 0.15) is 74.4 Å². The van der Waals surface area contributed by atoms with Crippen LogP contribution in [0.25, 0.3) is 0 Å². The van der Waals surface area contributed by atoms with Crippen LogP contribution in [0.15, 0.2) is 0 Å². The van der Waals surface area contributed by atoms with Crippen LogP contribution in [-0.2, 0) is 5.41 Å². The Morgan fingerprint density at radius 1 is 1.28 bits per heavy atom. The summed E-state index contributed by atoms with van der Waals surface area (Å²) in [5, 5.41) is 1.25. The van der Waals surface area contributed by atoms with Gasteiger partial charge in [-0.25, -0.2) is 4.98 Å². The Kier molecular flexibility index (Phi) is 4.07. The second-order valence-electron chi connectivity index (χ2n) is 6.18. The first-order valence-electron chi connectivity index (χ1n) is 6.70. The van der Waals surface area contributed by atoms with Crippen molar-refractivity contribution in [2.75, 3.05) is 0 Å². The maximum atomic E-state index is 5.86. The van der Waals surface area contributed by atoms with Gasteiger partial charge in [0.2, 0.25) is 0 Å². The summed E-state index contributed by atoms with van der Waals surface area (Å²) in [6, 6.07) is 0. The second-order valence-corrected chi connectivity index (χ2v) is 7.65. The number of hydrogen-bond donors (Lipinski definition) is 1. The Labute approximate surface area is 119 Å². The number of nitrogens with zero attached hydrogens (tertiary/aromatic N) is 1. The zero-order chi connectivity index (χ0) is 13.3. The molecular weight excluding hydrogens is 260 g/mol. The van der Waals surface area contributed by atoms with E-state index in [9.17, 15) is 0 Å². The first-order valence-corrected chi connectivity index (χ1v) is 7.93. The van der Waals surface area contributed by atoms with E-state index in [4.69, 9.17) is 22.9 Å². The average molecular weight is 282 g/mol. The summed E-state index contributed by atoms with van der Waals surface area (Å²) in [7, 11) is 0. The Morgan fingerprint density at radius 3 is 2.33 bits per heavy atom. The SMILES string of the molecule is CC(C)(C)c1nc(C2CCCCC2)sc1C(N)=S. The quantitative estimate of drug-likeness (QED) is 0.829. The van der Waals surface area contributed by atoms with Gasteiger partial charge in [0.25, 0.3) is 0 Å². The Balaban J connectivity index is 2.35. The van der Waals surface area contributed by atoms with Crippen molar-refractivity contribution < 1.29 is 0 Å². The standard InChI is InChI=1S/C14H22N2S2/c1-14(2,3)11-10(12(15)17)18-13(16-11)9-7-5-4-6-8-9/h9H,4-8H2,1-3H3,(H2,15,17). The van der Waals surface area contributed by atoms with E-state index in [1.54, 1.807) is 11.3 Å². The molecule has 1 aliphatic carbocycles. The lowest BCUT2D eigenvalue weighted by atomic mass is 9.89. The largest absolute Gasteiger partial charge is 0.389 e. The van der Waals surface area contributed by atoms with Crippen LogP contribution in [0.2, 0.25) is 0 Å². The van der Waals surface area contributed by atoms with Gasteiger partial charge in [0.15, 0.2) is 0 Å². The topological polar surface area (TPSA) is 38.9 Å². The summed E-state index contributed by atoms with van der Waals surface area (Å²) < 4.78 is 0. The van der Waals surface area contributed by atoms with Gasteiger partial charge in [0.05, 0.1) is 15.6 Å². The molecule has 100 valence electrons. The molecule has 1 heterocycles. The highest BCUT2D eigenvalue weighted by Gasteiger charge is 2.27. The molecule has 2 nitrogen and oxygen atoms in total. The fourth-order valence-corrected chi connectivity index (χ4v) is 4.06. The first-order chi connectivity index (χ1) is 8.39. The van der Waals surface area contributed by atoms with Gasteiger partial charge < -0.3 is 5.73 Å². The smallest absolute Gasteiger partial charge is 0.116 e. The molecule has 0 atom stereocenters. The van der Waals surface area contributed by atoms with E-state index in [-0.39, 0.29) is 5.41 Å².